The van der Waals surface area contributed by atoms with Crippen LogP contribution in [0.15, 0.2) is 49.2 Å². The van der Waals surface area contributed by atoms with E-state index in [0.29, 0.717) is 52.0 Å². The van der Waals surface area contributed by atoms with Gasteiger partial charge in [-0.25, -0.2) is 9.67 Å². The second kappa shape index (κ2) is 12.4. The Morgan fingerprint density at radius 3 is 2.56 bits per heavy atom. The summed E-state index contributed by atoms with van der Waals surface area (Å²) in [7, 11) is 7.18. The van der Waals surface area contributed by atoms with Gasteiger partial charge in [-0.1, -0.05) is 6.58 Å². The van der Waals surface area contributed by atoms with E-state index in [4.69, 9.17) is 4.74 Å². The minimum absolute atomic E-state index is 0.175. The molecule has 43 heavy (non-hydrogen) atoms. The molecule has 2 aromatic heterocycles. The Bertz CT molecular complexity index is 1730. The molecule has 0 radical (unpaired) electrons. The molecule has 0 saturated heterocycles. The molecular formula is C29H30F3N9O2. The van der Waals surface area contributed by atoms with E-state index in [2.05, 4.69) is 32.3 Å². The number of carbonyl (C=O) groups is 1. The van der Waals surface area contributed by atoms with Gasteiger partial charge in [0, 0.05) is 37.8 Å². The van der Waals surface area contributed by atoms with E-state index in [9.17, 15) is 23.2 Å². The predicted octanol–water partition coefficient (Wildman–Crippen LogP) is 4.89. The largest absolute Gasteiger partial charge is 0.494 e. The van der Waals surface area contributed by atoms with E-state index in [0.717, 1.165) is 17.3 Å². The van der Waals surface area contributed by atoms with Crippen LogP contribution in [0.3, 0.4) is 0 Å². The monoisotopic (exact) mass is 593 g/mol. The Balaban J connectivity index is 1.83. The molecule has 2 heterocycles. The molecule has 0 fully saturated rings. The number of nitrogens with one attached hydrogen (secondary N) is 2. The number of nitrogens with zero attached hydrogens (tertiary/aromatic N) is 7. The van der Waals surface area contributed by atoms with Gasteiger partial charge in [0.1, 0.15) is 11.3 Å². The van der Waals surface area contributed by atoms with Gasteiger partial charge in [0.15, 0.2) is 5.82 Å². The van der Waals surface area contributed by atoms with Gasteiger partial charge in [0.25, 0.3) is 0 Å². The molecule has 0 aliphatic carbocycles. The lowest BCUT2D eigenvalue weighted by atomic mass is 10.1. The molecule has 2 aromatic carbocycles. The van der Waals surface area contributed by atoms with E-state index in [1.54, 1.807) is 25.1 Å². The summed E-state index contributed by atoms with van der Waals surface area (Å²) in [5, 5.41) is 19.8. The van der Waals surface area contributed by atoms with Gasteiger partial charge in [-0.15, -0.1) is 0 Å². The van der Waals surface area contributed by atoms with Crippen molar-refractivity contribution in [3.05, 3.63) is 66.0 Å². The maximum atomic E-state index is 14.1. The summed E-state index contributed by atoms with van der Waals surface area (Å²) in [4.78, 5) is 24.4. The smallest absolute Gasteiger partial charge is 0.421 e. The molecular weight excluding hydrogens is 563 g/mol. The van der Waals surface area contributed by atoms with Crippen LogP contribution in [-0.2, 0) is 11.0 Å². The third kappa shape index (κ3) is 6.68. The number of halogens is 3. The number of carbonyl (C=O) groups excluding carboxylic acids is 1. The second-order valence-electron chi connectivity index (χ2n) is 9.88. The van der Waals surface area contributed by atoms with Gasteiger partial charge in [-0.3, -0.25) is 4.79 Å². The quantitative estimate of drug-likeness (QED) is 0.247. The molecule has 2 N–H and O–H groups in total. The number of methoxy groups -OCH3 is 1. The first kappa shape index (κ1) is 30.8. The minimum Gasteiger partial charge on any atom is -0.494 e. The molecule has 0 spiro atoms. The Labute approximate surface area is 246 Å². The number of anilines is 4. The summed E-state index contributed by atoms with van der Waals surface area (Å²) >= 11 is 0. The number of benzene rings is 2. The number of aromatic nitrogens is 4. The molecule has 0 bridgehead atoms. The van der Waals surface area contributed by atoms with Gasteiger partial charge in [0.05, 0.1) is 47.0 Å². The van der Waals surface area contributed by atoms with Crippen LogP contribution in [0.25, 0.3) is 16.7 Å². The fourth-order valence-corrected chi connectivity index (χ4v) is 4.32. The summed E-state index contributed by atoms with van der Waals surface area (Å²) in [6.45, 7) is 6.49. The number of nitriles is 1. The normalized spacial score (nSPS) is 11.3. The number of rotatable bonds is 10. The summed E-state index contributed by atoms with van der Waals surface area (Å²) < 4.78 is 49.0. The molecule has 11 nitrogen and oxygen atoms in total. The highest BCUT2D eigenvalue weighted by Crippen LogP contribution is 2.39. The Hall–Kier alpha value is -5.16. The van der Waals surface area contributed by atoms with E-state index >= 15 is 0 Å². The van der Waals surface area contributed by atoms with Crippen LogP contribution >= 0.6 is 0 Å². The van der Waals surface area contributed by atoms with Crippen molar-refractivity contribution in [2.75, 3.05) is 56.9 Å². The van der Waals surface area contributed by atoms with Crippen LogP contribution in [0, 0.1) is 18.3 Å². The zero-order valence-corrected chi connectivity index (χ0v) is 24.2. The van der Waals surface area contributed by atoms with Crippen molar-refractivity contribution in [1.29, 1.82) is 5.26 Å². The van der Waals surface area contributed by atoms with Gasteiger partial charge >= 0.3 is 6.18 Å². The van der Waals surface area contributed by atoms with Crippen molar-refractivity contribution in [3.63, 3.8) is 0 Å². The molecule has 0 saturated carbocycles. The van der Waals surface area contributed by atoms with Gasteiger partial charge in [-0.05, 0) is 51.4 Å². The van der Waals surface area contributed by atoms with Crippen LogP contribution in [0.2, 0.25) is 0 Å². The van der Waals surface area contributed by atoms with Gasteiger partial charge in [-0.2, -0.15) is 28.5 Å². The fourth-order valence-electron chi connectivity index (χ4n) is 4.32. The van der Waals surface area contributed by atoms with Crippen molar-refractivity contribution in [1.82, 2.24) is 24.6 Å². The first-order valence-corrected chi connectivity index (χ1v) is 13.0. The van der Waals surface area contributed by atoms with Crippen LogP contribution in [0.5, 0.6) is 5.75 Å². The van der Waals surface area contributed by atoms with Crippen LogP contribution in [0.1, 0.15) is 16.8 Å². The maximum absolute atomic E-state index is 14.1. The van der Waals surface area contributed by atoms with Crippen LogP contribution < -0.4 is 20.3 Å². The van der Waals surface area contributed by atoms with Crippen LogP contribution in [0.4, 0.5) is 36.2 Å². The molecule has 224 valence electrons. The van der Waals surface area contributed by atoms with E-state index in [1.807, 2.05) is 37.0 Å². The number of aryl methyl sites for hydroxylation is 1. The van der Waals surface area contributed by atoms with Crippen molar-refractivity contribution in [2.45, 2.75) is 13.1 Å². The fraction of sp³-hybridized carbons (Fsp3) is 0.276. The number of ether oxygens (including phenoxy) is 1. The zero-order chi connectivity index (χ0) is 31.5. The highest BCUT2D eigenvalue weighted by atomic mass is 19.4. The molecule has 0 atom stereocenters. The zero-order valence-electron chi connectivity index (χ0n) is 24.2. The first-order valence-electron chi connectivity index (χ1n) is 13.0. The minimum atomic E-state index is -4.79. The third-order valence-electron chi connectivity index (χ3n) is 6.57. The lowest BCUT2D eigenvalue weighted by Gasteiger charge is -2.26. The number of hydrogen-bond donors (Lipinski definition) is 2. The number of fused-ring (bicyclic) bond motifs is 1. The molecule has 0 aliphatic heterocycles. The topological polar surface area (TPSA) is 124 Å². The van der Waals surface area contributed by atoms with Crippen molar-refractivity contribution in [3.8, 4) is 17.6 Å². The van der Waals surface area contributed by atoms with E-state index in [1.165, 1.54) is 19.2 Å². The average molecular weight is 594 g/mol. The average Bonchev–Trinajstić information content (AvgIpc) is 3.30. The first-order chi connectivity index (χ1) is 20.4. The lowest BCUT2D eigenvalue weighted by molar-refractivity contribution is -0.138. The van der Waals surface area contributed by atoms with Crippen LogP contribution in [-0.4, -0.2) is 71.9 Å². The van der Waals surface area contributed by atoms with E-state index in [-0.39, 0.29) is 11.6 Å². The lowest BCUT2D eigenvalue weighted by Crippen LogP contribution is -2.29. The number of likely N-dealkylation sites (N-methyl/N-ethyl adjacent to an activating group) is 2. The Morgan fingerprint density at radius 1 is 1.19 bits per heavy atom. The van der Waals surface area contributed by atoms with Gasteiger partial charge in [0.2, 0.25) is 11.9 Å². The molecule has 4 aromatic rings. The standard InChI is InChI=1S/C29H30F3N9O2/c1-7-26(42)35-21-13-22(25(43-6)14-24(21)40(5)11-10-39(3)4)36-28-34-16-20(29(30,31)32)27(37-28)41-23-9-8-18(15-33)12-19(23)17(2)38-41/h7-9,12-14,16H,1,10-11H2,2-6H3,(H,35,42)(H,34,36,37). The summed E-state index contributed by atoms with van der Waals surface area (Å²) in [5.74, 6) is -0.803. The SMILES string of the molecule is C=CC(=O)Nc1cc(Nc2ncc(C(F)(F)F)c(-n3nc(C)c4cc(C#N)ccc43)n2)c(OC)cc1N(C)CCN(C)C. The Kier molecular flexibility index (Phi) is 8.86. The van der Waals surface area contributed by atoms with Crippen molar-refractivity contribution < 1.29 is 22.7 Å². The van der Waals surface area contributed by atoms with E-state index < -0.39 is 23.5 Å². The Morgan fingerprint density at radius 2 is 1.93 bits per heavy atom. The maximum Gasteiger partial charge on any atom is 0.421 e. The molecule has 0 aliphatic rings. The highest BCUT2D eigenvalue weighted by molar-refractivity contribution is 6.02. The molecule has 4 rings (SSSR count). The number of hydrogen-bond acceptors (Lipinski definition) is 9. The summed E-state index contributed by atoms with van der Waals surface area (Å²) in [6, 6.07) is 9.87. The number of alkyl halides is 3. The summed E-state index contributed by atoms with van der Waals surface area (Å²) in [6.07, 6.45) is -2.99. The predicted molar refractivity (Wildman–Crippen MR) is 158 cm³/mol. The van der Waals surface area contributed by atoms with Gasteiger partial charge < -0.3 is 25.2 Å². The van der Waals surface area contributed by atoms with Crippen molar-refractivity contribution >= 4 is 39.8 Å². The molecule has 14 heteroatoms. The number of amides is 1. The molecule has 0 unspecified atom stereocenters. The summed E-state index contributed by atoms with van der Waals surface area (Å²) in [5.41, 5.74) is 1.34. The second-order valence-corrected chi connectivity index (χ2v) is 9.88. The highest BCUT2D eigenvalue weighted by Gasteiger charge is 2.37. The molecule has 1 amide bonds. The third-order valence-corrected chi connectivity index (χ3v) is 6.57. The van der Waals surface area contributed by atoms with Crippen molar-refractivity contribution in [2.24, 2.45) is 0 Å².